The minimum Gasteiger partial charge on any atom is -0.315 e. The van der Waals surface area contributed by atoms with Crippen LogP contribution in [0.15, 0.2) is 0 Å². The quantitative estimate of drug-likeness (QED) is 0.747. The Labute approximate surface area is 86.5 Å². The van der Waals surface area contributed by atoms with Gasteiger partial charge in [-0.3, -0.25) is 0 Å². The van der Waals surface area contributed by atoms with E-state index in [1.807, 2.05) is 0 Å². The summed E-state index contributed by atoms with van der Waals surface area (Å²) in [6, 6.07) is 0. The number of alkyl halides is 3. The van der Waals surface area contributed by atoms with Gasteiger partial charge in [-0.1, -0.05) is 0 Å². The van der Waals surface area contributed by atoms with Gasteiger partial charge in [0.15, 0.2) is 0 Å². The van der Waals surface area contributed by atoms with Gasteiger partial charge in [0.25, 0.3) is 0 Å². The van der Waals surface area contributed by atoms with Crippen molar-refractivity contribution in [1.82, 2.24) is 9.62 Å². The van der Waals surface area contributed by atoms with Crippen LogP contribution in [0.3, 0.4) is 0 Å². The third kappa shape index (κ3) is 2.43. The summed E-state index contributed by atoms with van der Waals surface area (Å²) in [4.78, 5) is 0. The Morgan fingerprint density at radius 1 is 1.27 bits per heavy atom. The molecule has 0 bridgehead atoms. The molecule has 1 aliphatic rings. The van der Waals surface area contributed by atoms with Gasteiger partial charge in [-0.15, -0.1) is 0 Å². The van der Waals surface area contributed by atoms with Crippen LogP contribution >= 0.6 is 0 Å². The number of nitrogens with zero attached hydrogens (tertiary/aromatic N) is 1. The highest BCUT2D eigenvalue weighted by Gasteiger charge is 2.52. The second kappa shape index (κ2) is 3.91. The maximum absolute atomic E-state index is 12.5. The third-order valence-electron chi connectivity index (χ3n) is 2.47. The number of nitrogens with one attached hydrogen (secondary N) is 1. The van der Waals surface area contributed by atoms with Crippen LogP contribution in [0.4, 0.5) is 13.2 Å². The maximum atomic E-state index is 12.5. The lowest BCUT2D eigenvalue weighted by Gasteiger charge is -2.24. The standard InChI is InChI=1S/C7H13F3N2O2S/c1-12(2)15(13,14)6-4-11-3-5(6)7(8,9)10/h5-6,11H,3-4H2,1-2H3. The van der Waals surface area contributed by atoms with Crippen LogP contribution in [0, 0.1) is 5.92 Å². The molecule has 0 amide bonds. The van der Waals surface area contributed by atoms with Gasteiger partial charge in [-0.2, -0.15) is 13.2 Å². The second-order valence-corrected chi connectivity index (χ2v) is 6.04. The van der Waals surface area contributed by atoms with Crippen molar-refractivity contribution >= 4 is 10.0 Å². The molecular formula is C7H13F3N2O2S. The van der Waals surface area contributed by atoms with Crippen LogP contribution in [-0.2, 0) is 10.0 Å². The molecule has 0 aromatic rings. The summed E-state index contributed by atoms with van der Waals surface area (Å²) in [5.74, 6) is -1.81. The van der Waals surface area contributed by atoms with Gasteiger partial charge in [0.2, 0.25) is 10.0 Å². The summed E-state index contributed by atoms with van der Waals surface area (Å²) in [7, 11) is -1.38. The minimum absolute atomic E-state index is 0.148. The van der Waals surface area contributed by atoms with Crippen LogP contribution in [-0.4, -0.2) is 51.3 Å². The molecule has 4 nitrogen and oxygen atoms in total. The Bertz CT molecular complexity index is 326. The van der Waals surface area contributed by atoms with E-state index in [0.29, 0.717) is 0 Å². The van der Waals surface area contributed by atoms with E-state index >= 15 is 0 Å². The Morgan fingerprint density at radius 2 is 1.80 bits per heavy atom. The predicted molar refractivity (Wildman–Crippen MR) is 48.8 cm³/mol. The molecular weight excluding hydrogens is 233 g/mol. The summed E-state index contributed by atoms with van der Waals surface area (Å²) < 4.78 is 61.4. The molecule has 15 heavy (non-hydrogen) atoms. The van der Waals surface area contributed by atoms with Crippen molar-refractivity contribution in [3.05, 3.63) is 0 Å². The average molecular weight is 246 g/mol. The number of rotatable bonds is 2. The highest BCUT2D eigenvalue weighted by atomic mass is 32.2. The fraction of sp³-hybridized carbons (Fsp3) is 1.00. The lowest BCUT2D eigenvalue weighted by atomic mass is 10.1. The maximum Gasteiger partial charge on any atom is 0.394 e. The first kappa shape index (κ1) is 12.7. The van der Waals surface area contributed by atoms with Gasteiger partial charge < -0.3 is 5.32 Å². The number of hydrogen-bond donors (Lipinski definition) is 1. The molecule has 1 saturated heterocycles. The lowest BCUT2D eigenvalue weighted by molar-refractivity contribution is -0.167. The molecule has 8 heteroatoms. The normalized spacial score (nSPS) is 28.7. The van der Waals surface area contributed by atoms with Gasteiger partial charge in [0.1, 0.15) is 5.25 Å². The van der Waals surface area contributed by atoms with Crippen molar-refractivity contribution in [2.75, 3.05) is 27.2 Å². The first-order valence-corrected chi connectivity index (χ1v) is 5.86. The molecule has 2 atom stereocenters. The van der Waals surface area contributed by atoms with Gasteiger partial charge >= 0.3 is 6.18 Å². The molecule has 1 fully saturated rings. The molecule has 0 saturated carbocycles. The molecule has 2 unspecified atom stereocenters. The zero-order valence-corrected chi connectivity index (χ0v) is 9.19. The van der Waals surface area contributed by atoms with Crippen molar-refractivity contribution in [3.63, 3.8) is 0 Å². The Morgan fingerprint density at radius 3 is 2.20 bits per heavy atom. The van der Waals surface area contributed by atoms with Gasteiger partial charge in [0, 0.05) is 27.2 Å². The van der Waals surface area contributed by atoms with E-state index in [1.54, 1.807) is 0 Å². The highest BCUT2D eigenvalue weighted by molar-refractivity contribution is 7.89. The van der Waals surface area contributed by atoms with Gasteiger partial charge in [0.05, 0.1) is 5.92 Å². The van der Waals surface area contributed by atoms with Crippen LogP contribution in [0.25, 0.3) is 0 Å². The van der Waals surface area contributed by atoms with E-state index in [-0.39, 0.29) is 13.1 Å². The van der Waals surface area contributed by atoms with E-state index in [4.69, 9.17) is 0 Å². The molecule has 0 aromatic heterocycles. The molecule has 1 rings (SSSR count). The number of sulfonamides is 1. The summed E-state index contributed by atoms with van der Waals surface area (Å²) in [6.07, 6.45) is -4.47. The molecule has 0 radical (unpaired) electrons. The SMILES string of the molecule is CN(C)S(=O)(=O)C1CNCC1C(F)(F)F. The van der Waals surface area contributed by atoms with Crippen molar-refractivity contribution < 1.29 is 21.6 Å². The first-order chi connectivity index (χ1) is 6.67. The summed E-state index contributed by atoms with van der Waals surface area (Å²) in [5, 5.41) is 1.05. The summed E-state index contributed by atoms with van der Waals surface area (Å²) >= 11 is 0. The topological polar surface area (TPSA) is 49.4 Å². The highest BCUT2D eigenvalue weighted by Crippen LogP contribution is 2.34. The molecule has 1 N–H and O–H groups in total. The van der Waals surface area contributed by atoms with E-state index < -0.39 is 27.4 Å². The second-order valence-electron chi connectivity index (χ2n) is 3.67. The Hall–Kier alpha value is -0.340. The summed E-state index contributed by atoms with van der Waals surface area (Å²) in [6.45, 7) is -0.480. The van der Waals surface area contributed by atoms with E-state index in [9.17, 15) is 21.6 Å². The predicted octanol–water partition coefficient (Wildman–Crippen LogP) is 0.0281. The van der Waals surface area contributed by atoms with Gasteiger partial charge in [-0.05, 0) is 0 Å². The molecule has 0 aliphatic carbocycles. The molecule has 0 aromatic carbocycles. The number of halogens is 3. The third-order valence-corrected chi connectivity index (χ3v) is 4.75. The average Bonchev–Trinajstić information content (AvgIpc) is 2.49. The first-order valence-electron chi connectivity index (χ1n) is 4.36. The fourth-order valence-corrected chi connectivity index (χ4v) is 3.10. The molecule has 1 aliphatic heterocycles. The minimum atomic E-state index is -4.47. The van der Waals surface area contributed by atoms with Gasteiger partial charge in [-0.25, -0.2) is 12.7 Å². The Kier molecular flexibility index (Phi) is 3.32. The fourth-order valence-electron chi connectivity index (χ4n) is 1.56. The summed E-state index contributed by atoms with van der Waals surface area (Å²) in [5.41, 5.74) is 0. The van der Waals surface area contributed by atoms with Crippen molar-refractivity contribution in [2.45, 2.75) is 11.4 Å². The lowest BCUT2D eigenvalue weighted by Crippen LogP contribution is -2.43. The number of hydrogen-bond acceptors (Lipinski definition) is 3. The zero-order valence-electron chi connectivity index (χ0n) is 8.37. The van der Waals surface area contributed by atoms with Crippen LogP contribution in [0.5, 0.6) is 0 Å². The van der Waals surface area contributed by atoms with Crippen molar-refractivity contribution in [3.8, 4) is 0 Å². The van der Waals surface area contributed by atoms with Crippen LogP contribution in [0.2, 0.25) is 0 Å². The van der Waals surface area contributed by atoms with E-state index in [1.165, 1.54) is 14.1 Å². The monoisotopic (exact) mass is 246 g/mol. The smallest absolute Gasteiger partial charge is 0.315 e. The zero-order chi connectivity index (χ0) is 11.9. The van der Waals surface area contributed by atoms with Crippen molar-refractivity contribution in [1.29, 1.82) is 0 Å². The van der Waals surface area contributed by atoms with E-state index in [0.717, 1.165) is 4.31 Å². The largest absolute Gasteiger partial charge is 0.394 e. The molecule has 90 valence electrons. The van der Waals surface area contributed by atoms with Crippen LogP contribution < -0.4 is 5.32 Å². The van der Waals surface area contributed by atoms with Crippen molar-refractivity contribution in [2.24, 2.45) is 5.92 Å². The van der Waals surface area contributed by atoms with Crippen LogP contribution in [0.1, 0.15) is 0 Å². The molecule has 0 spiro atoms. The molecule has 1 heterocycles. The van der Waals surface area contributed by atoms with E-state index in [2.05, 4.69) is 5.32 Å². The Balaban J connectivity index is 2.97.